The van der Waals surface area contributed by atoms with Crippen LogP contribution in [0.2, 0.25) is 0 Å². The molecular formula is C12H10O2. The fourth-order valence-corrected chi connectivity index (χ4v) is 7.19. The summed E-state index contributed by atoms with van der Waals surface area (Å²) in [5, 5.41) is 0. The molecule has 7 rings (SSSR count). The topological polar surface area (TPSA) is 34.1 Å². The summed E-state index contributed by atoms with van der Waals surface area (Å²) in [6, 6.07) is 0. The number of hydrogen-bond donors (Lipinski definition) is 0. The monoisotopic (exact) mass is 186 g/mol. The predicted molar refractivity (Wildman–Crippen MR) is 44.9 cm³/mol. The third kappa shape index (κ3) is 0.267. The summed E-state index contributed by atoms with van der Waals surface area (Å²) in [4.78, 5) is 24.1. The molecule has 0 N–H and O–H groups in total. The molecule has 7 fully saturated rings. The third-order valence-corrected chi connectivity index (χ3v) is 6.85. The molecular weight excluding hydrogens is 176 g/mol. The van der Waals surface area contributed by atoms with Gasteiger partial charge >= 0.3 is 0 Å². The molecule has 0 aromatic carbocycles. The summed E-state index contributed by atoms with van der Waals surface area (Å²) in [6.07, 6.45) is 0. The molecule has 2 heteroatoms. The second-order valence-electron chi connectivity index (χ2n) is 6.37. The molecule has 2 nitrogen and oxygen atoms in total. The Morgan fingerprint density at radius 3 is 1.07 bits per heavy atom. The maximum Gasteiger partial charge on any atom is 0.140 e. The van der Waals surface area contributed by atoms with Crippen LogP contribution in [0.3, 0.4) is 0 Å². The van der Waals surface area contributed by atoms with E-state index in [0.29, 0.717) is 70.7 Å². The van der Waals surface area contributed by atoms with Crippen LogP contribution >= 0.6 is 0 Å². The number of ketones is 2. The first-order valence-corrected chi connectivity index (χ1v) is 5.90. The van der Waals surface area contributed by atoms with Crippen LogP contribution < -0.4 is 0 Å². The van der Waals surface area contributed by atoms with Crippen LogP contribution in [0.25, 0.3) is 0 Å². The van der Waals surface area contributed by atoms with Crippen LogP contribution in [0.5, 0.6) is 0 Å². The van der Waals surface area contributed by atoms with Crippen LogP contribution in [-0.2, 0) is 9.59 Å². The molecule has 0 heterocycles. The minimum atomic E-state index is 0.373. The quantitative estimate of drug-likeness (QED) is 0.547. The molecule has 0 aromatic heterocycles. The number of carbonyl (C=O) groups is 2. The molecule has 0 saturated heterocycles. The van der Waals surface area contributed by atoms with Crippen LogP contribution in [0, 0.1) is 59.2 Å². The van der Waals surface area contributed by atoms with Gasteiger partial charge < -0.3 is 0 Å². The number of Topliss-reactive ketones (excluding diaryl/α,β-unsaturated/α-hetero) is 2. The van der Waals surface area contributed by atoms with E-state index in [4.69, 9.17) is 0 Å². The van der Waals surface area contributed by atoms with Crippen LogP contribution in [0.1, 0.15) is 0 Å². The van der Waals surface area contributed by atoms with E-state index in [1.807, 2.05) is 0 Å². The van der Waals surface area contributed by atoms with Crippen molar-refractivity contribution in [2.75, 3.05) is 0 Å². The highest BCUT2D eigenvalue weighted by Gasteiger charge is 2.91. The Morgan fingerprint density at radius 1 is 0.500 bits per heavy atom. The summed E-state index contributed by atoms with van der Waals surface area (Å²) in [6.45, 7) is 0. The number of rotatable bonds is 0. The summed E-state index contributed by atoms with van der Waals surface area (Å²) in [5.41, 5.74) is 0. The van der Waals surface area contributed by atoms with E-state index in [-0.39, 0.29) is 0 Å². The molecule has 70 valence electrons. The van der Waals surface area contributed by atoms with Gasteiger partial charge in [0.1, 0.15) is 11.6 Å². The van der Waals surface area contributed by atoms with Crippen molar-refractivity contribution in [2.45, 2.75) is 0 Å². The first kappa shape index (κ1) is 6.04. The minimum Gasteiger partial charge on any atom is -0.299 e. The molecule has 0 aromatic rings. The first-order chi connectivity index (χ1) is 6.82. The van der Waals surface area contributed by atoms with Gasteiger partial charge in [0.05, 0.1) is 0 Å². The van der Waals surface area contributed by atoms with Gasteiger partial charge in [0.2, 0.25) is 0 Å². The predicted octanol–water partition coefficient (Wildman–Crippen LogP) is 0.368. The zero-order chi connectivity index (χ0) is 8.93. The zero-order valence-corrected chi connectivity index (χ0v) is 7.59. The minimum absolute atomic E-state index is 0.373. The van der Waals surface area contributed by atoms with E-state index in [2.05, 4.69) is 0 Å². The molecule has 7 saturated carbocycles. The fraction of sp³-hybridized carbons (Fsp3) is 0.833. The first-order valence-electron chi connectivity index (χ1n) is 5.90. The second-order valence-corrected chi connectivity index (χ2v) is 6.37. The van der Waals surface area contributed by atoms with Gasteiger partial charge in [-0.2, -0.15) is 0 Å². The second kappa shape index (κ2) is 1.27. The summed E-state index contributed by atoms with van der Waals surface area (Å²) < 4.78 is 0. The van der Waals surface area contributed by atoms with Gasteiger partial charge in [-0.3, -0.25) is 9.59 Å². The Hall–Kier alpha value is -0.660. The fourth-order valence-electron chi connectivity index (χ4n) is 7.19. The maximum absolute atomic E-state index is 12.1. The molecule has 7 aliphatic rings. The van der Waals surface area contributed by atoms with Crippen molar-refractivity contribution >= 4 is 11.6 Å². The van der Waals surface area contributed by atoms with E-state index in [1.54, 1.807) is 0 Å². The average molecular weight is 186 g/mol. The van der Waals surface area contributed by atoms with Crippen molar-refractivity contribution in [3.63, 3.8) is 0 Å². The SMILES string of the molecule is O=C1C2C3C4C(=O)C5C3C1C1C2C4C51. The Kier molecular flexibility index (Phi) is 0.548. The highest BCUT2D eigenvalue weighted by molar-refractivity contribution is 6.02. The van der Waals surface area contributed by atoms with Crippen LogP contribution in [0.4, 0.5) is 0 Å². The lowest BCUT2D eigenvalue weighted by Gasteiger charge is -2.43. The largest absolute Gasteiger partial charge is 0.299 e. The average Bonchev–Trinajstić information content (AvgIpc) is 2.74. The normalized spacial score (nSPS) is 82.6. The standard InChI is InChI=1S/C12H10O2/c13-11-7-1-2-4-3(1)9(11)6-5(7)8(2)12(14)10(4)6/h1-10H. The summed E-state index contributed by atoms with van der Waals surface area (Å²) in [5.74, 6) is 6.54. The van der Waals surface area contributed by atoms with Gasteiger partial charge in [-0.15, -0.1) is 0 Å². The highest BCUT2D eigenvalue weighted by atomic mass is 16.1. The van der Waals surface area contributed by atoms with Gasteiger partial charge in [-0.05, 0) is 35.5 Å². The van der Waals surface area contributed by atoms with Crippen molar-refractivity contribution in [3.05, 3.63) is 0 Å². The molecule has 4 bridgehead atoms. The Morgan fingerprint density at radius 2 is 0.786 bits per heavy atom. The maximum atomic E-state index is 12.1. The van der Waals surface area contributed by atoms with Crippen molar-refractivity contribution in [2.24, 2.45) is 59.2 Å². The van der Waals surface area contributed by atoms with E-state index in [9.17, 15) is 9.59 Å². The molecule has 4 unspecified atom stereocenters. The van der Waals surface area contributed by atoms with Gasteiger partial charge in [0.25, 0.3) is 0 Å². The lowest BCUT2D eigenvalue weighted by atomic mass is 9.60. The molecule has 7 aliphatic carbocycles. The molecule has 0 radical (unpaired) electrons. The molecule has 0 aliphatic heterocycles. The number of carbonyl (C=O) groups excluding carboxylic acids is 2. The molecule has 14 heavy (non-hydrogen) atoms. The van der Waals surface area contributed by atoms with Crippen LogP contribution in [0.15, 0.2) is 0 Å². The zero-order valence-electron chi connectivity index (χ0n) is 7.59. The molecule has 4 atom stereocenters. The molecule has 0 amide bonds. The van der Waals surface area contributed by atoms with Crippen molar-refractivity contribution in [3.8, 4) is 0 Å². The van der Waals surface area contributed by atoms with Gasteiger partial charge in [-0.1, -0.05) is 0 Å². The van der Waals surface area contributed by atoms with Crippen molar-refractivity contribution in [1.82, 2.24) is 0 Å². The number of hydrogen-bond acceptors (Lipinski definition) is 2. The van der Waals surface area contributed by atoms with E-state index >= 15 is 0 Å². The highest BCUT2D eigenvalue weighted by Crippen LogP contribution is 2.88. The Balaban J connectivity index is 1.83. The van der Waals surface area contributed by atoms with E-state index < -0.39 is 0 Å². The van der Waals surface area contributed by atoms with Gasteiger partial charge in [0.15, 0.2) is 0 Å². The lowest BCUT2D eigenvalue weighted by molar-refractivity contribution is -0.124. The van der Waals surface area contributed by atoms with E-state index in [1.165, 1.54) is 0 Å². The summed E-state index contributed by atoms with van der Waals surface area (Å²) >= 11 is 0. The Labute approximate surface area is 81.0 Å². The van der Waals surface area contributed by atoms with Crippen LogP contribution in [-0.4, -0.2) is 11.6 Å². The Bertz CT molecular complexity index is 367. The molecule has 0 spiro atoms. The van der Waals surface area contributed by atoms with E-state index in [0.717, 1.165) is 0 Å². The summed E-state index contributed by atoms with van der Waals surface area (Å²) in [7, 11) is 0. The smallest absolute Gasteiger partial charge is 0.140 e. The van der Waals surface area contributed by atoms with Crippen molar-refractivity contribution < 1.29 is 9.59 Å². The van der Waals surface area contributed by atoms with Gasteiger partial charge in [0, 0.05) is 23.7 Å². The van der Waals surface area contributed by atoms with Gasteiger partial charge in [-0.25, -0.2) is 0 Å². The third-order valence-electron chi connectivity index (χ3n) is 6.85. The lowest BCUT2D eigenvalue weighted by Crippen LogP contribution is -2.41. The van der Waals surface area contributed by atoms with Crippen molar-refractivity contribution in [1.29, 1.82) is 0 Å².